The summed E-state index contributed by atoms with van der Waals surface area (Å²) in [5.74, 6) is 1.64. The summed E-state index contributed by atoms with van der Waals surface area (Å²) in [6.45, 7) is 7.31. The van der Waals surface area contributed by atoms with E-state index in [0.717, 1.165) is 35.5 Å². The van der Waals surface area contributed by atoms with Crippen molar-refractivity contribution >= 4 is 18.1 Å². The summed E-state index contributed by atoms with van der Waals surface area (Å²) < 4.78 is 8.02. The normalized spacial score (nSPS) is 10.7. The Morgan fingerprint density at radius 1 is 1.32 bits per heavy atom. The number of carbonyl (C=O) groups excluding carboxylic acids is 1. The molecule has 0 aliphatic rings. The van der Waals surface area contributed by atoms with Crippen LogP contribution in [0, 0.1) is 18.6 Å². The number of benzene rings is 1. The highest BCUT2D eigenvalue weighted by molar-refractivity contribution is 7.71. The molecule has 0 saturated carbocycles. The lowest BCUT2D eigenvalue weighted by Crippen LogP contribution is -2.34. The van der Waals surface area contributed by atoms with Crippen molar-refractivity contribution in [3.05, 3.63) is 39.9 Å². The number of hydrogen-bond acceptors (Lipinski definition) is 4. The average molecular weight is 362 g/mol. The summed E-state index contributed by atoms with van der Waals surface area (Å²) in [6, 6.07) is 6.10. The van der Waals surface area contributed by atoms with Crippen LogP contribution in [-0.4, -0.2) is 45.8 Å². The molecule has 2 rings (SSSR count). The minimum atomic E-state index is -0.0149. The van der Waals surface area contributed by atoms with Crippen LogP contribution in [-0.2, 0) is 17.8 Å². The van der Waals surface area contributed by atoms with E-state index in [1.165, 1.54) is 0 Å². The van der Waals surface area contributed by atoms with Crippen molar-refractivity contribution in [2.75, 3.05) is 20.2 Å². The highest BCUT2D eigenvalue weighted by Gasteiger charge is 2.13. The van der Waals surface area contributed by atoms with Gasteiger partial charge in [-0.05, 0) is 55.7 Å². The Morgan fingerprint density at radius 3 is 2.64 bits per heavy atom. The molecule has 0 radical (unpaired) electrons. The van der Waals surface area contributed by atoms with Crippen LogP contribution in [0.5, 0.6) is 5.75 Å². The van der Waals surface area contributed by atoms with Crippen LogP contribution < -0.4 is 4.74 Å². The zero-order valence-electron chi connectivity index (χ0n) is 15.3. The molecular formula is C18H26N4O2S. The van der Waals surface area contributed by atoms with Crippen molar-refractivity contribution < 1.29 is 9.53 Å². The lowest BCUT2D eigenvalue weighted by atomic mass is 10.1. The molecule has 2 aromatic rings. The Hall–Kier alpha value is -2.15. The van der Waals surface area contributed by atoms with Gasteiger partial charge in [0.25, 0.3) is 0 Å². The van der Waals surface area contributed by atoms with E-state index >= 15 is 0 Å². The molecule has 0 saturated heterocycles. The molecule has 7 heteroatoms. The number of aromatic amines is 1. The van der Waals surface area contributed by atoms with Crippen molar-refractivity contribution in [2.45, 2.75) is 40.2 Å². The second-order valence-electron chi connectivity index (χ2n) is 6.27. The van der Waals surface area contributed by atoms with Gasteiger partial charge in [-0.3, -0.25) is 14.5 Å². The van der Waals surface area contributed by atoms with E-state index in [0.29, 0.717) is 17.9 Å². The van der Waals surface area contributed by atoms with Crippen molar-refractivity contribution in [1.29, 1.82) is 0 Å². The van der Waals surface area contributed by atoms with E-state index in [-0.39, 0.29) is 12.5 Å². The summed E-state index contributed by atoms with van der Waals surface area (Å²) >= 11 is 5.22. The van der Waals surface area contributed by atoms with Gasteiger partial charge >= 0.3 is 0 Å². The van der Waals surface area contributed by atoms with Gasteiger partial charge in [-0.25, -0.2) is 0 Å². The molecule has 0 aliphatic heterocycles. The van der Waals surface area contributed by atoms with Gasteiger partial charge in [0.15, 0.2) is 4.77 Å². The number of aromatic nitrogens is 3. The maximum absolute atomic E-state index is 12.4. The summed E-state index contributed by atoms with van der Waals surface area (Å²) in [6.07, 6.45) is 1.74. The highest BCUT2D eigenvalue weighted by atomic mass is 32.1. The third-order valence-corrected chi connectivity index (χ3v) is 4.23. The lowest BCUT2D eigenvalue weighted by molar-refractivity contribution is -0.130. The van der Waals surface area contributed by atoms with Crippen LogP contribution in [0.4, 0.5) is 0 Å². The molecule has 0 aliphatic carbocycles. The van der Waals surface area contributed by atoms with Crippen molar-refractivity contribution in [2.24, 2.45) is 0 Å². The molecule has 0 atom stereocenters. The Kier molecular flexibility index (Phi) is 6.75. The molecule has 1 amide bonds. The first-order valence-corrected chi connectivity index (χ1v) is 8.90. The first kappa shape index (κ1) is 19.2. The Bertz CT molecular complexity index is 761. The van der Waals surface area contributed by atoms with Gasteiger partial charge in [0, 0.05) is 13.5 Å². The van der Waals surface area contributed by atoms with Gasteiger partial charge in [-0.1, -0.05) is 13.0 Å². The molecule has 0 fully saturated rings. The summed E-state index contributed by atoms with van der Waals surface area (Å²) in [5, 5.41) is 6.95. The predicted molar refractivity (Wildman–Crippen MR) is 100 cm³/mol. The third kappa shape index (κ3) is 5.42. The molecular weight excluding hydrogens is 336 g/mol. The molecule has 25 heavy (non-hydrogen) atoms. The number of rotatable bonds is 8. The van der Waals surface area contributed by atoms with E-state index in [2.05, 4.69) is 23.2 Å². The van der Waals surface area contributed by atoms with Crippen LogP contribution in [0.2, 0.25) is 0 Å². The SMILES string of the molecule is CCCc1n[nH]c(=S)n1CC(=O)N(C)CCOc1cc(C)cc(C)c1. The molecule has 6 nitrogen and oxygen atoms in total. The van der Waals surface area contributed by atoms with Crippen LogP contribution >= 0.6 is 12.2 Å². The van der Waals surface area contributed by atoms with Crippen LogP contribution in [0.1, 0.15) is 30.3 Å². The zero-order valence-corrected chi connectivity index (χ0v) is 16.2. The number of carbonyl (C=O) groups is 1. The third-order valence-electron chi connectivity index (χ3n) is 3.92. The van der Waals surface area contributed by atoms with Crippen molar-refractivity contribution in [3.63, 3.8) is 0 Å². The Morgan fingerprint density at radius 2 is 2.00 bits per heavy atom. The van der Waals surface area contributed by atoms with Gasteiger partial charge in [0.2, 0.25) is 5.91 Å². The van der Waals surface area contributed by atoms with Crippen LogP contribution in [0.25, 0.3) is 0 Å². The van der Waals surface area contributed by atoms with Crippen molar-refractivity contribution in [1.82, 2.24) is 19.7 Å². The molecule has 1 heterocycles. The van der Waals surface area contributed by atoms with E-state index in [1.807, 2.05) is 26.0 Å². The van der Waals surface area contributed by atoms with Gasteiger partial charge < -0.3 is 9.64 Å². The molecule has 0 unspecified atom stereocenters. The second-order valence-corrected chi connectivity index (χ2v) is 6.66. The monoisotopic (exact) mass is 362 g/mol. The molecule has 1 aromatic heterocycles. The van der Waals surface area contributed by atoms with Gasteiger partial charge in [0.1, 0.15) is 24.7 Å². The lowest BCUT2D eigenvalue weighted by Gasteiger charge is -2.18. The van der Waals surface area contributed by atoms with Crippen molar-refractivity contribution in [3.8, 4) is 5.75 Å². The smallest absolute Gasteiger partial charge is 0.242 e. The zero-order chi connectivity index (χ0) is 18.4. The summed E-state index contributed by atoms with van der Waals surface area (Å²) in [4.78, 5) is 14.1. The Labute approximate surface area is 153 Å². The number of nitrogens with zero attached hydrogens (tertiary/aromatic N) is 3. The fourth-order valence-corrected chi connectivity index (χ4v) is 2.84. The summed E-state index contributed by atoms with van der Waals surface area (Å²) in [5.41, 5.74) is 2.33. The van der Waals surface area contributed by atoms with Crippen LogP contribution in [0.3, 0.4) is 0 Å². The molecule has 1 aromatic carbocycles. The van der Waals surface area contributed by atoms with Gasteiger partial charge in [-0.15, -0.1) is 0 Å². The van der Waals surface area contributed by atoms with E-state index in [9.17, 15) is 4.79 Å². The minimum absolute atomic E-state index is 0.0149. The quantitative estimate of drug-likeness (QED) is 0.733. The standard InChI is InChI=1S/C18H26N4O2S/c1-5-6-16-19-20-18(25)22(16)12-17(23)21(4)7-8-24-15-10-13(2)9-14(3)11-15/h9-11H,5-8,12H2,1-4H3,(H,20,25). The topological polar surface area (TPSA) is 63.2 Å². The molecule has 1 N–H and O–H groups in total. The average Bonchev–Trinajstić information content (AvgIpc) is 2.87. The number of likely N-dealkylation sites (N-methyl/N-ethyl adjacent to an activating group) is 1. The number of aryl methyl sites for hydroxylation is 3. The summed E-state index contributed by atoms with van der Waals surface area (Å²) in [7, 11) is 1.77. The number of nitrogens with one attached hydrogen (secondary N) is 1. The van der Waals surface area contributed by atoms with E-state index < -0.39 is 0 Å². The number of ether oxygens (including phenoxy) is 1. The fourth-order valence-electron chi connectivity index (χ4n) is 2.63. The first-order valence-electron chi connectivity index (χ1n) is 8.50. The number of amides is 1. The number of H-pyrrole nitrogens is 1. The molecule has 136 valence electrons. The van der Waals surface area contributed by atoms with E-state index in [4.69, 9.17) is 17.0 Å². The maximum atomic E-state index is 12.4. The fraction of sp³-hybridized carbons (Fsp3) is 0.500. The first-order chi connectivity index (χ1) is 11.9. The highest BCUT2D eigenvalue weighted by Crippen LogP contribution is 2.16. The van der Waals surface area contributed by atoms with Gasteiger partial charge in [-0.2, -0.15) is 5.10 Å². The molecule has 0 bridgehead atoms. The number of hydrogen-bond donors (Lipinski definition) is 1. The predicted octanol–water partition coefficient (Wildman–Crippen LogP) is 3.05. The Balaban J connectivity index is 1.88. The maximum Gasteiger partial charge on any atom is 0.242 e. The van der Waals surface area contributed by atoms with E-state index in [1.54, 1.807) is 16.5 Å². The second kappa shape index (κ2) is 8.80. The minimum Gasteiger partial charge on any atom is -0.492 e. The molecule has 0 spiro atoms. The van der Waals surface area contributed by atoms with Gasteiger partial charge in [0.05, 0.1) is 6.54 Å². The largest absolute Gasteiger partial charge is 0.492 e. The van der Waals surface area contributed by atoms with Crippen LogP contribution in [0.15, 0.2) is 18.2 Å².